The number of rotatable bonds is 6. The molecule has 35 heavy (non-hydrogen) atoms. The van der Waals surface area contributed by atoms with Crippen molar-refractivity contribution in [3.63, 3.8) is 0 Å². The van der Waals surface area contributed by atoms with Crippen molar-refractivity contribution >= 4 is 11.3 Å². The van der Waals surface area contributed by atoms with Crippen LogP contribution in [-0.2, 0) is 11.3 Å². The lowest BCUT2D eigenvalue weighted by Gasteiger charge is -2.38. The molecule has 1 aliphatic rings. The van der Waals surface area contributed by atoms with Crippen LogP contribution in [0.1, 0.15) is 35.1 Å². The van der Waals surface area contributed by atoms with Gasteiger partial charge in [0.1, 0.15) is 30.3 Å². The van der Waals surface area contributed by atoms with E-state index in [4.69, 9.17) is 4.74 Å². The minimum atomic E-state index is -1.58. The van der Waals surface area contributed by atoms with Crippen LogP contribution < -0.4 is 0 Å². The lowest BCUT2D eigenvalue weighted by molar-refractivity contribution is -0.161. The maximum absolute atomic E-state index is 13.7. The summed E-state index contributed by atoms with van der Waals surface area (Å²) in [7, 11) is 0. The summed E-state index contributed by atoms with van der Waals surface area (Å²) in [6, 6.07) is 0.915. The molecule has 4 aromatic rings. The van der Waals surface area contributed by atoms with Gasteiger partial charge >= 0.3 is 0 Å². The number of aromatic nitrogens is 7. The van der Waals surface area contributed by atoms with Crippen LogP contribution in [0.15, 0.2) is 30.0 Å². The van der Waals surface area contributed by atoms with Crippen molar-refractivity contribution in [1.82, 2.24) is 34.7 Å². The molecular formula is C21H20F3N7O3S. The number of thiazole rings is 1. The summed E-state index contributed by atoms with van der Waals surface area (Å²) in [5.41, 5.74) is 0.905. The van der Waals surface area contributed by atoms with Crippen LogP contribution in [0.2, 0.25) is 0 Å². The Bertz CT molecular complexity index is 1320. The van der Waals surface area contributed by atoms with Gasteiger partial charge in [-0.05, 0) is 19.1 Å². The largest absolute Gasteiger partial charge is 0.394 e. The number of aliphatic hydroxyl groups excluding tert-OH is 2. The third-order valence-corrected chi connectivity index (χ3v) is 6.63. The number of nitrogens with zero attached hydrogens (tertiary/aromatic N) is 7. The average molecular weight is 507 g/mol. The fraction of sp³-hybridized carbons (Fsp3) is 0.381. The predicted octanol–water partition coefficient (Wildman–Crippen LogP) is 2.19. The molecule has 10 nitrogen and oxygen atoms in total. The molecule has 0 saturated carbocycles. The zero-order valence-electron chi connectivity index (χ0n) is 18.3. The molecule has 0 spiro atoms. The van der Waals surface area contributed by atoms with Crippen LogP contribution in [0.3, 0.4) is 0 Å². The zero-order chi connectivity index (χ0) is 24.7. The summed E-state index contributed by atoms with van der Waals surface area (Å²) in [4.78, 5) is 4.45. The molecule has 184 valence electrons. The highest BCUT2D eigenvalue weighted by Gasteiger charge is 2.41. The van der Waals surface area contributed by atoms with Crippen molar-refractivity contribution in [2.24, 2.45) is 0 Å². The van der Waals surface area contributed by atoms with E-state index < -0.39 is 48.4 Å². The van der Waals surface area contributed by atoms with Gasteiger partial charge in [-0.15, -0.1) is 26.6 Å². The highest BCUT2D eigenvalue weighted by molar-refractivity contribution is 7.09. The second-order valence-electron chi connectivity index (χ2n) is 8.15. The molecule has 4 unspecified atom stereocenters. The topological polar surface area (TPSA) is 124 Å². The van der Waals surface area contributed by atoms with Gasteiger partial charge in [-0.1, -0.05) is 5.21 Å². The van der Waals surface area contributed by atoms with E-state index in [-0.39, 0.29) is 17.7 Å². The SMILES string of the molecule is Cc1nc(Cn2cnnc2C2CC(n3cc(-c4cc(F)c(F)c(F)c4)nn3)C(O)C(CO)O2)cs1. The molecule has 1 aromatic carbocycles. The van der Waals surface area contributed by atoms with Gasteiger partial charge in [-0.2, -0.15) is 0 Å². The molecule has 2 N–H and O–H groups in total. The number of aryl methyl sites for hydroxylation is 1. The molecule has 4 heterocycles. The molecular weight excluding hydrogens is 487 g/mol. The number of hydrogen-bond donors (Lipinski definition) is 2. The molecule has 3 aromatic heterocycles. The Hall–Kier alpha value is -3.20. The van der Waals surface area contributed by atoms with Gasteiger partial charge in [-0.3, -0.25) is 0 Å². The number of hydrogen-bond acceptors (Lipinski definition) is 9. The van der Waals surface area contributed by atoms with Gasteiger partial charge in [0.15, 0.2) is 23.3 Å². The van der Waals surface area contributed by atoms with Crippen LogP contribution in [-0.4, -0.2) is 63.8 Å². The second kappa shape index (κ2) is 9.45. The van der Waals surface area contributed by atoms with Crippen molar-refractivity contribution in [3.8, 4) is 11.3 Å². The van der Waals surface area contributed by atoms with Crippen molar-refractivity contribution in [3.05, 3.63) is 64.0 Å². The van der Waals surface area contributed by atoms with Gasteiger partial charge < -0.3 is 19.5 Å². The fourth-order valence-electron chi connectivity index (χ4n) is 4.10. The number of benzene rings is 1. The highest BCUT2D eigenvalue weighted by atomic mass is 32.1. The lowest BCUT2D eigenvalue weighted by atomic mass is 9.95. The molecule has 0 aliphatic carbocycles. The molecule has 0 amide bonds. The molecule has 14 heteroatoms. The average Bonchev–Trinajstić information content (AvgIpc) is 3.59. The van der Waals surface area contributed by atoms with Gasteiger partial charge in [0.25, 0.3) is 0 Å². The van der Waals surface area contributed by atoms with Crippen LogP contribution in [0.25, 0.3) is 11.3 Å². The van der Waals surface area contributed by atoms with E-state index in [0.717, 1.165) is 22.8 Å². The molecule has 4 atom stereocenters. The Balaban J connectivity index is 1.42. The Kier molecular flexibility index (Phi) is 6.35. The first-order valence-corrected chi connectivity index (χ1v) is 11.5. The lowest BCUT2D eigenvalue weighted by Crippen LogP contribution is -2.45. The Morgan fingerprint density at radius 2 is 1.97 bits per heavy atom. The molecule has 5 rings (SSSR count). The van der Waals surface area contributed by atoms with E-state index in [1.54, 1.807) is 10.9 Å². The fourth-order valence-corrected chi connectivity index (χ4v) is 4.70. The smallest absolute Gasteiger partial charge is 0.194 e. The van der Waals surface area contributed by atoms with Crippen molar-refractivity contribution in [2.75, 3.05) is 6.61 Å². The Labute approximate surface area is 200 Å². The first-order valence-electron chi connectivity index (χ1n) is 10.6. The predicted molar refractivity (Wildman–Crippen MR) is 116 cm³/mol. The summed E-state index contributed by atoms with van der Waals surface area (Å²) in [6.45, 7) is 1.85. The Morgan fingerprint density at radius 3 is 2.66 bits per heavy atom. The van der Waals surface area contributed by atoms with Crippen molar-refractivity contribution in [2.45, 2.75) is 44.2 Å². The second-order valence-corrected chi connectivity index (χ2v) is 9.21. The monoisotopic (exact) mass is 507 g/mol. The van der Waals surface area contributed by atoms with Gasteiger partial charge in [-0.25, -0.2) is 22.8 Å². The quantitative estimate of drug-likeness (QED) is 0.381. The summed E-state index contributed by atoms with van der Waals surface area (Å²) in [5.74, 6) is -3.80. The molecule has 1 aliphatic heterocycles. The highest BCUT2D eigenvalue weighted by Crippen LogP contribution is 2.37. The third kappa shape index (κ3) is 4.57. The van der Waals surface area contributed by atoms with E-state index >= 15 is 0 Å². The summed E-state index contributed by atoms with van der Waals surface area (Å²) < 4.78 is 49.7. The first kappa shape index (κ1) is 23.5. The minimum Gasteiger partial charge on any atom is -0.394 e. The van der Waals surface area contributed by atoms with Crippen LogP contribution in [0.5, 0.6) is 0 Å². The molecule has 1 saturated heterocycles. The van der Waals surface area contributed by atoms with E-state index in [1.807, 2.05) is 12.3 Å². The normalized spacial score (nSPS) is 22.6. The number of ether oxygens (including phenoxy) is 1. The van der Waals surface area contributed by atoms with Crippen LogP contribution in [0.4, 0.5) is 13.2 Å². The zero-order valence-corrected chi connectivity index (χ0v) is 19.1. The van der Waals surface area contributed by atoms with Gasteiger partial charge in [0, 0.05) is 17.4 Å². The molecule has 0 radical (unpaired) electrons. The summed E-state index contributed by atoms with van der Waals surface area (Å²) in [5, 5.41) is 39.6. The van der Waals surface area contributed by atoms with Crippen LogP contribution in [0, 0.1) is 24.4 Å². The first-order chi connectivity index (χ1) is 16.8. The van der Waals surface area contributed by atoms with Crippen molar-refractivity contribution in [1.29, 1.82) is 0 Å². The van der Waals surface area contributed by atoms with E-state index in [9.17, 15) is 23.4 Å². The standard InChI is InChI=1S/C21H20F3N7O3S/c1-10-26-12(8-35-10)5-30-9-25-28-21(30)17-4-16(20(33)18(7-32)34-17)31-6-15(27-29-31)11-2-13(22)19(24)14(23)3-11/h2-3,6,8-9,16-18,20,32-33H,4-5,7H2,1H3. The maximum atomic E-state index is 13.7. The molecule has 1 fully saturated rings. The van der Waals surface area contributed by atoms with Crippen LogP contribution >= 0.6 is 11.3 Å². The molecule has 0 bridgehead atoms. The number of halogens is 3. The number of aliphatic hydroxyl groups is 2. The third-order valence-electron chi connectivity index (χ3n) is 5.81. The van der Waals surface area contributed by atoms with Gasteiger partial charge in [0.05, 0.1) is 36.1 Å². The van der Waals surface area contributed by atoms with E-state index in [0.29, 0.717) is 12.4 Å². The Morgan fingerprint density at radius 1 is 1.20 bits per heavy atom. The summed E-state index contributed by atoms with van der Waals surface area (Å²) >= 11 is 1.52. The maximum Gasteiger partial charge on any atom is 0.194 e. The summed E-state index contributed by atoms with van der Waals surface area (Å²) in [6.07, 6.45) is 0.355. The van der Waals surface area contributed by atoms with Crippen molar-refractivity contribution < 1.29 is 28.1 Å². The van der Waals surface area contributed by atoms with E-state index in [1.165, 1.54) is 22.2 Å². The van der Waals surface area contributed by atoms with E-state index in [2.05, 4.69) is 25.5 Å². The minimum absolute atomic E-state index is 0.0113. The van der Waals surface area contributed by atoms with Gasteiger partial charge in [0.2, 0.25) is 0 Å².